The van der Waals surface area contributed by atoms with Crippen molar-refractivity contribution >= 4 is 27.9 Å². The van der Waals surface area contributed by atoms with Crippen LogP contribution in [-0.4, -0.2) is 32.4 Å². The summed E-state index contributed by atoms with van der Waals surface area (Å²) in [5.74, 6) is -3.70. The number of hydrogen-bond acceptors (Lipinski definition) is 6. The highest BCUT2D eigenvalue weighted by Gasteiger charge is 2.17. The van der Waals surface area contributed by atoms with Crippen LogP contribution in [0.1, 0.15) is 20.7 Å². The molecule has 0 unspecified atom stereocenters. The first-order chi connectivity index (χ1) is 10.3. The molecule has 0 saturated heterocycles. The van der Waals surface area contributed by atoms with E-state index in [-0.39, 0.29) is 32.8 Å². The standard InChI is InChI=1S/C14H9BrO7/c15-12-9(17)4-7(5-10(12)18)14(21)22-11-2-1-6(13(19)20)3-8(11)16/h1-5,16-18H,(H,19,20). The fourth-order valence-corrected chi connectivity index (χ4v) is 1.84. The van der Waals surface area contributed by atoms with Crippen LogP contribution in [0.5, 0.6) is 23.0 Å². The number of carboxylic acid groups (broad SMARTS) is 1. The number of benzene rings is 2. The van der Waals surface area contributed by atoms with Crippen molar-refractivity contribution in [2.75, 3.05) is 0 Å². The minimum atomic E-state index is -1.24. The Labute approximate surface area is 132 Å². The van der Waals surface area contributed by atoms with Crippen LogP contribution in [0.4, 0.5) is 0 Å². The zero-order valence-electron chi connectivity index (χ0n) is 10.8. The highest BCUT2D eigenvalue weighted by Crippen LogP contribution is 2.35. The molecule has 0 atom stereocenters. The van der Waals surface area contributed by atoms with Crippen LogP contribution < -0.4 is 4.74 Å². The van der Waals surface area contributed by atoms with E-state index in [1.807, 2.05) is 0 Å². The van der Waals surface area contributed by atoms with E-state index in [4.69, 9.17) is 9.84 Å². The molecule has 0 radical (unpaired) electrons. The fraction of sp³-hybridized carbons (Fsp3) is 0. The van der Waals surface area contributed by atoms with E-state index in [0.717, 1.165) is 30.3 Å². The Morgan fingerprint density at radius 1 is 0.909 bits per heavy atom. The second-order valence-corrected chi connectivity index (χ2v) is 5.00. The lowest BCUT2D eigenvalue weighted by Crippen LogP contribution is -2.09. The van der Waals surface area contributed by atoms with Crippen molar-refractivity contribution < 1.29 is 34.8 Å². The molecule has 0 aliphatic heterocycles. The van der Waals surface area contributed by atoms with Crippen LogP contribution in [0.25, 0.3) is 0 Å². The van der Waals surface area contributed by atoms with Crippen LogP contribution >= 0.6 is 15.9 Å². The van der Waals surface area contributed by atoms with Crippen molar-refractivity contribution in [2.24, 2.45) is 0 Å². The molecule has 0 spiro atoms. The topological polar surface area (TPSA) is 124 Å². The van der Waals surface area contributed by atoms with E-state index in [0.29, 0.717) is 0 Å². The molecule has 114 valence electrons. The second kappa shape index (κ2) is 5.94. The quantitative estimate of drug-likeness (QED) is 0.484. The summed E-state index contributed by atoms with van der Waals surface area (Å²) in [5, 5.41) is 37.4. The molecule has 4 N–H and O–H groups in total. The molecule has 0 heterocycles. The molecule has 0 fully saturated rings. The van der Waals surface area contributed by atoms with Gasteiger partial charge in [0.2, 0.25) is 0 Å². The molecule has 0 aromatic heterocycles. The molecule has 0 saturated carbocycles. The van der Waals surface area contributed by atoms with E-state index in [1.165, 1.54) is 0 Å². The number of rotatable bonds is 3. The predicted octanol–water partition coefficient (Wildman–Crippen LogP) is 2.48. The smallest absolute Gasteiger partial charge is 0.343 e. The number of aromatic hydroxyl groups is 3. The van der Waals surface area contributed by atoms with Crippen molar-refractivity contribution in [1.29, 1.82) is 0 Å². The van der Waals surface area contributed by atoms with E-state index < -0.39 is 17.7 Å². The van der Waals surface area contributed by atoms with Crippen LogP contribution in [-0.2, 0) is 0 Å². The van der Waals surface area contributed by atoms with Gasteiger partial charge in [-0.15, -0.1) is 0 Å². The zero-order valence-corrected chi connectivity index (χ0v) is 12.4. The molecule has 2 aromatic rings. The number of aromatic carboxylic acids is 1. The third kappa shape index (κ3) is 3.12. The van der Waals surface area contributed by atoms with Crippen LogP contribution in [0.3, 0.4) is 0 Å². The monoisotopic (exact) mass is 368 g/mol. The number of carbonyl (C=O) groups excluding carboxylic acids is 1. The molecule has 22 heavy (non-hydrogen) atoms. The maximum Gasteiger partial charge on any atom is 0.343 e. The predicted molar refractivity (Wildman–Crippen MR) is 77.5 cm³/mol. The van der Waals surface area contributed by atoms with Gasteiger partial charge in [0.05, 0.1) is 11.1 Å². The molecule has 0 amide bonds. The third-order valence-electron chi connectivity index (χ3n) is 2.68. The molecule has 8 heteroatoms. The largest absolute Gasteiger partial charge is 0.507 e. The third-order valence-corrected chi connectivity index (χ3v) is 3.49. The minimum absolute atomic E-state index is 0.0257. The van der Waals surface area contributed by atoms with Gasteiger partial charge in [-0.2, -0.15) is 0 Å². The summed E-state index contributed by atoms with van der Waals surface area (Å²) in [6.45, 7) is 0. The SMILES string of the molecule is O=C(O)c1ccc(OC(=O)c2cc(O)c(Br)c(O)c2)c(O)c1. The van der Waals surface area contributed by atoms with E-state index in [1.54, 1.807) is 0 Å². The van der Waals surface area contributed by atoms with Gasteiger partial charge in [-0.25, -0.2) is 9.59 Å². The molecule has 0 aliphatic rings. The summed E-state index contributed by atoms with van der Waals surface area (Å²) in [7, 11) is 0. The lowest BCUT2D eigenvalue weighted by Gasteiger charge is -2.08. The molecule has 0 bridgehead atoms. The van der Waals surface area contributed by atoms with Gasteiger partial charge in [0, 0.05) is 0 Å². The molecule has 7 nitrogen and oxygen atoms in total. The maximum atomic E-state index is 11.9. The van der Waals surface area contributed by atoms with Crippen molar-refractivity contribution in [3.63, 3.8) is 0 Å². The number of esters is 1. The van der Waals surface area contributed by atoms with Crippen LogP contribution in [0.15, 0.2) is 34.8 Å². The normalized spacial score (nSPS) is 10.2. The van der Waals surface area contributed by atoms with Gasteiger partial charge in [-0.3, -0.25) is 0 Å². The Morgan fingerprint density at radius 2 is 1.45 bits per heavy atom. The summed E-state index contributed by atoms with van der Waals surface area (Å²) in [5.41, 5.74) is -0.323. The van der Waals surface area contributed by atoms with Crippen molar-refractivity contribution in [2.45, 2.75) is 0 Å². The number of phenols is 3. The lowest BCUT2D eigenvalue weighted by atomic mass is 10.2. The Morgan fingerprint density at radius 3 is 1.95 bits per heavy atom. The Bertz CT molecular complexity index is 747. The van der Waals surface area contributed by atoms with Gasteiger partial charge in [0.15, 0.2) is 11.5 Å². The van der Waals surface area contributed by atoms with Gasteiger partial charge < -0.3 is 25.2 Å². The maximum absolute atomic E-state index is 11.9. The summed E-state index contributed by atoms with van der Waals surface area (Å²) < 4.78 is 4.92. The number of carboxylic acids is 1. The average Bonchev–Trinajstić information content (AvgIpc) is 2.46. The van der Waals surface area contributed by atoms with Gasteiger partial charge in [0.1, 0.15) is 16.0 Å². The summed E-state index contributed by atoms with van der Waals surface area (Å²) in [4.78, 5) is 22.6. The first-order valence-corrected chi connectivity index (χ1v) is 6.59. The highest BCUT2D eigenvalue weighted by molar-refractivity contribution is 9.10. The molecule has 0 aliphatic carbocycles. The lowest BCUT2D eigenvalue weighted by molar-refractivity contribution is 0.0696. The second-order valence-electron chi connectivity index (χ2n) is 4.21. The van der Waals surface area contributed by atoms with Gasteiger partial charge in [-0.05, 0) is 46.3 Å². The summed E-state index contributed by atoms with van der Waals surface area (Å²) in [6.07, 6.45) is 0. The van der Waals surface area contributed by atoms with Crippen molar-refractivity contribution in [3.8, 4) is 23.0 Å². The highest BCUT2D eigenvalue weighted by atomic mass is 79.9. The number of halogens is 1. The van der Waals surface area contributed by atoms with Crippen LogP contribution in [0, 0.1) is 0 Å². The molecule has 2 rings (SSSR count). The first-order valence-electron chi connectivity index (χ1n) is 5.79. The number of hydrogen-bond donors (Lipinski definition) is 4. The van der Waals surface area contributed by atoms with Crippen LogP contribution in [0.2, 0.25) is 0 Å². The Balaban J connectivity index is 2.28. The average molecular weight is 369 g/mol. The number of ether oxygens (including phenoxy) is 1. The van der Waals surface area contributed by atoms with E-state index >= 15 is 0 Å². The number of phenolic OH excluding ortho intramolecular Hbond substituents is 3. The first kappa shape index (κ1) is 15.6. The van der Waals surface area contributed by atoms with Gasteiger partial charge >= 0.3 is 11.9 Å². The van der Waals surface area contributed by atoms with E-state index in [9.17, 15) is 24.9 Å². The number of carbonyl (C=O) groups is 2. The molecular weight excluding hydrogens is 360 g/mol. The zero-order chi connectivity index (χ0) is 16.4. The Hall–Kier alpha value is -2.74. The fourth-order valence-electron chi connectivity index (χ4n) is 1.61. The molecular formula is C14H9BrO7. The summed E-state index contributed by atoms with van der Waals surface area (Å²) >= 11 is 2.91. The minimum Gasteiger partial charge on any atom is -0.507 e. The van der Waals surface area contributed by atoms with Gasteiger partial charge in [-0.1, -0.05) is 0 Å². The van der Waals surface area contributed by atoms with E-state index in [2.05, 4.69) is 15.9 Å². The van der Waals surface area contributed by atoms with Crippen molar-refractivity contribution in [1.82, 2.24) is 0 Å². The van der Waals surface area contributed by atoms with Crippen molar-refractivity contribution in [3.05, 3.63) is 45.9 Å². The summed E-state index contributed by atoms with van der Waals surface area (Å²) in [6, 6.07) is 5.33. The van der Waals surface area contributed by atoms with Gasteiger partial charge in [0.25, 0.3) is 0 Å². The Kier molecular flexibility index (Phi) is 4.22. The molecule has 2 aromatic carbocycles.